The van der Waals surface area contributed by atoms with E-state index >= 15 is 0 Å². The monoisotopic (exact) mass is 393 g/mol. The van der Waals surface area contributed by atoms with Crippen molar-refractivity contribution in [2.45, 2.75) is 6.42 Å². The Bertz CT molecular complexity index is 960. The van der Waals surface area contributed by atoms with Crippen molar-refractivity contribution in [1.29, 1.82) is 0 Å². The molecule has 1 N–H and O–H groups in total. The van der Waals surface area contributed by atoms with Crippen molar-refractivity contribution in [2.75, 3.05) is 37.6 Å². The molecular formula is C21H23N5OS. The van der Waals surface area contributed by atoms with E-state index in [0.29, 0.717) is 18.1 Å². The molecule has 1 fully saturated rings. The van der Waals surface area contributed by atoms with E-state index in [9.17, 15) is 4.79 Å². The molecule has 2 aromatic heterocycles. The Morgan fingerprint density at radius 1 is 1.04 bits per heavy atom. The van der Waals surface area contributed by atoms with Crippen LogP contribution in [0.15, 0.2) is 58.7 Å². The Hall–Kier alpha value is -2.77. The van der Waals surface area contributed by atoms with Crippen molar-refractivity contribution in [2.24, 2.45) is 0 Å². The van der Waals surface area contributed by atoms with E-state index in [1.807, 2.05) is 35.7 Å². The number of rotatable bonds is 6. The van der Waals surface area contributed by atoms with Gasteiger partial charge in [-0.3, -0.25) is 14.7 Å². The summed E-state index contributed by atoms with van der Waals surface area (Å²) in [6.45, 7) is 4.44. The van der Waals surface area contributed by atoms with Crippen molar-refractivity contribution in [3.8, 4) is 0 Å². The molecule has 0 spiro atoms. The van der Waals surface area contributed by atoms with Crippen LogP contribution in [0.3, 0.4) is 0 Å². The number of H-pyrrole nitrogens is 1. The zero-order chi connectivity index (χ0) is 19.2. The first-order valence-electron chi connectivity index (χ1n) is 9.45. The summed E-state index contributed by atoms with van der Waals surface area (Å²) in [5, 5.41) is 10.4. The van der Waals surface area contributed by atoms with Gasteiger partial charge >= 0.3 is 0 Å². The second-order valence-corrected chi connectivity index (χ2v) is 7.81. The molecule has 6 nitrogen and oxygen atoms in total. The van der Waals surface area contributed by atoms with Gasteiger partial charge in [0.1, 0.15) is 5.69 Å². The summed E-state index contributed by atoms with van der Waals surface area (Å²) in [4.78, 5) is 20.9. The number of thiophene rings is 1. The fourth-order valence-electron chi connectivity index (χ4n) is 3.23. The fraction of sp³-hybridized carbons (Fsp3) is 0.286. The van der Waals surface area contributed by atoms with Crippen LogP contribution in [0, 0.1) is 0 Å². The summed E-state index contributed by atoms with van der Waals surface area (Å²) in [5.74, 6) is 0.569. The normalized spacial score (nSPS) is 15.4. The highest BCUT2D eigenvalue weighted by atomic mass is 32.1. The maximum absolute atomic E-state index is 12.3. The summed E-state index contributed by atoms with van der Waals surface area (Å²) >= 11 is 1.62. The standard InChI is InChI=1S/C21H23N5OS/c27-20-19(16-18-9-5-15-28-18)23-24-21(22-20)26-13-11-25(12-14-26)10-4-8-17-6-2-1-3-7-17/h1-9,15H,10-14,16H2,(H,22,24,27)/b8-4+. The number of benzene rings is 1. The third-order valence-electron chi connectivity index (χ3n) is 4.82. The van der Waals surface area contributed by atoms with Crippen molar-refractivity contribution >= 4 is 23.4 Å². The number of anilines is 1. The van der Waals surface area contributed by atoms with Crippen LogP contribution >= 0.6 is 11.3 Å². The minimum atomic E-state index is -0.147. The minimum absolute atomic E-state index is 0.147. The Morgan fingerprint density at radius 3 is 2.57 bits per heavy atom. The minimum Gasteiger partial charge on any atom is -0.338 e. The van der Waals surface area contributed by atoms with Gasteiger partial charge in [-0.15, -0.1) is 21.5 Å². The van der Waals surface area contributed by atoms with Crippen molar-refractivity contribution in [3.63, 3.8) is 0 Å². The van der Waals surface area contributed by atoms with Crippen LogP contribution in [-0.4, -0.2) is 52.8 Å². The molecule has 1 saturated heterocycles. The van der Waals surface area contributed by atoms with Gasteiger partial charge in [0.05, 0.1) is 0 Å². The highest BCUT2D eigenvalue weighted by Crippen LogP contribution is 2.13. The first-order chi connectivity index (χ1) is 13.8. The van der Waals surface area contributed by atoms with Gasteiger partial charge in [-0.2, -0.15) is 0 Å². The van der Waals surface area contributed by atoms with E-state index in [-0.39, 0.29) is 5.56 Å². The van der Waals surface area contributed by atoms with Crippen LogP contribution in [0.25, 0.3) is 6.08 Å². The Balaban J connectivity index is 1.30. The van der Waals surface area contributed by atoms with Gasteiger partial charge in [0.25, 0.3) is 5.56 Å². The van der Waals surface area contributed by atoms with E-state index in [2.05, 4.69) is 49.3 Å². The van der Waals surface area contributed by atoms with Gasteiger partial charge in [0.2, 0.25) is 5.95 Å². The maximum atomic E-state index is 12.3. The lowest BCUT2D eigenvalue weighted by Gasteiger charge is -2.34. The fourth-order valence-corrected chi connectivity index (χ4v) is 3.94. The highest BCUT2D eigenvalue weighted by Gasteiger charge is 2.19. The lowest BCUT2D eigenvalue weighted by Crippen LogP contribution is -2.47. The van der Waals surface area contributed by atoms with E-state index < -0.39 is 0 Å². The highest BCUT2D eigenvalue weighted by molar-refractivity contribution is 7.09. The van der Waals surface area contributed by atoms with Crippen LogP contribution in [-0.2, 0) is 6.42 Å². The lowest BCUT2D eigenvalue weighted by atomic mass is 10.2. The number of hydrogen-bond donors (Lipinski definition) is 1. The Labute approximate surface area is 168 Å². The van der Waals surface area contributed by atoms with Crippen molar-refractivity contribution < 1.29 is 0 Å². The maximum Gasteiger partial charge on any atom is 0.274 e. The molecule has 28 heavy (non-hydrogen) atoms. The van der Waals surface area contributed by atoms with Gasteiger partial charge in [-0.25, -0.2) is 0 Å². The molecule has 0 amide bonds. The van der Waals surface area contributed by atoms with Crippen molar-refractivity contribution in [3.05, 3.63) is 80.4 Å². The summed E-state index contributed by atoms with van der Waals surface area (Å²) in [7, 11) is 0. The zero-order valence-corrected chi connectivity index (χ0v) is 16.4. The quantitative estimate of drug-likeness (QED) is 0.698. The molecule has 1 aliphatic heterocycles. The Kier molecular flexibility index (Phi) is 5.94. The average Bonchev–Trinajstić information content (AvgIpc) is 3.24. The van der Waals surface area contributed by atoms with Crippen LogP contribution in [0.2, 0.25) is 0 Å². The zero-order valence-electron chi connectivity index (χ0n) is 15.6. The van der Waals surface area contributed by atoms with E-state index in [1.165, 1.54) is 5.56 Å². The smallest absolute Gasteiger partial charge is 0.274 e. The topological polar surface area (TPSA) is 65.1 Å². The average molecular weight is 394 g/mol. The van der Waals surface area contributed by atoms with E-state index in [1.54, 1.807) is 11.3 Å². The third-order valence-corrected chi connectivity index (χ3v) is 5.70. The number of hydrogen-bond acceptors (Lipinski definition) is 6. The van der Waals surface area contributed by atoms with Crippen molar-refractivity contribution in [1.82, 2.24) is 20.1 Å². The van der Waals surface area contributed by atoms with Gasteiger partial charge in [-0.05, 0) is 17.0 Å². The molecule has 0 radical (unpaired) electrons. The molecule has 0 atom stereocenters. The number of piperazine rings is 1. The van der Waals surface area contributed by atoms with Crippen LogP contribution < -0.4 is 10.5 Å². The molecule has 0 bridgehead atoms. The van der Waals surface area contributed by atoms with Crippen LogP contribution in [0.5, 0.6) is 0 Å². The second kappa shape index (κ2) is 8.95. The molecule has 3 heterocycles. The molecule has 1 aromatic carbocycles. The second-order valence-electron chi connectivity index (χ2n) is 6.78. The lowest BCUT2D eigenvalue weighted by molar-refractivity contribution is 0.282. The summed E-state index contributed by atoms with van der Waals surface area (Å²) in [6.07, 6.45) is 4.88. The first kappa shape index (κ1) is 18.6. The Morgan fingerprint density at radius 2 is 1.86 bits per heavy atom. The molecular weight excluding hydrogens is 370 g/mol. The van der Waals surface area contributed by atoms with Gasteiger partial charge in [0, 0.05) is 44.0 Å². The number of nitrogens with one attached hydrogen (secondary N) is 1. The van der Waals surface area contributed by atoms with Crippen LogP contribution in [0.4, 0.5) is 5.95 Å². The summed E-state index contributed by atoms with van der Waals surface area (Å²) in [5.41, 5.74) is 1.54. The van der Waals surface area contributed by atoms with Gasteiger partial charge in [-0.1, -0.05) is 48.6 Å². The molecule has 0 aliphatic carbocycles. The van der Waals surface area contributed by atoms with E-state index in [0.717, 1.165) is 37.6 Å². The predicted octanol–water partition coefficient (Wildman–Crippen LogP) is 2.65. The summed E-state index contributed by atoms with van der Waals surface area (Å²) < 4.78 is 0. The molecule has 0 saturated carbocycles. The van der Waals surface area contributed by atoms with Crippen LogP contribution in [0.1, 0.15) is 16.1 Å². The molecule has 144 valence electrons. The molecule has 7 heteroatoms. The number of aromatic nitrogens is 3. The molecule has 1 aliphatic rings. The number of nitrogens with zero attached hydrogens (tertiary/aromatic N) is 4. The molecule has 3 aromatic rings. The number of aromatic amines is 1. The van der Waals surface area contributed by atoms with Gasteiger partial charge < -0.3 is 4.90 Å². The largest absolute Gasteiger partial charge is 0.338 e. The van der Waals surface area contributed by atoms with E-state index in [4.69, 9.17) is 0 Å². The van der Waals surface area contributed by atoms with Gasteiger partial charge in [0.15, 0.2) is 0 Å². The first-order valence-corrected chi connectivity index (χ1v) is 10.3. The molecule has 0 unspecified atom stereocenters. The predicted molar refractivity (Wildman–Crippen MR) is 114 cm³/mol. The SMILES string of the molecule is O=c1[nH]c(N2CCN(C/C=C/c3ccccc3)CC2)nnc1Cc1cccs1. The third kappa shape index (κ3) is 4.74. The molecule has 4 rings (SSSR count). The summed E-state index contributed by atoms with van der Waals surface area (Å²) in [6, 6.07) is 14.3.